The summed E-state index contributed by atoms with van der Waals surface area (Å²) in [7, 11) is 1.55. The van der Waals surface area contributed by atoms with Gasteiger partial charge in [-0.2, -0.15) is 0 Å². The van der Waals surface area contributed by atoms with Crippen molar-refractivity contribution in [2.24, 2.45) is 4.99 Å². The topological polar surface area (TPSA) is 120 Å². The van der Waals surface area contributed by atoms with Gasteiger partial charge in [-0.05, 0) is 57.5 Å². The van der Waals surface area contributed by atoms with Crippen LogP contribution in [0.25, 0.3) is 17.4 Å². The number of aromatic nitrogens is 1. The molecule has 2 aromatic heterocycles. The molecule has 0 aliphatic carbocycles. The van der Waals surface area contributed by atoms with Gasteiger partial charge in [0.1, 0.15) is 23.3 Å². The molecule has 5 rings (SSSR count). The van der Waals surface area contributed by atoms with E-state index >= 15 is 0 Å². The molecule has 3 heterocycles. The summed E-state index contributed by atoms with van der Waals surface area (Å²) in [4.78, 5) is 45.8. The SMILES string of the molecule is CCN(CC)C(=O)C1=C(C)N=c2s/c(=C/c3ccc(-c4ccc(C)cc4[N+](=O)[O-])o3)c(=O)n2[C@H]1c1ccccc1OC. The van der Waals surface area contributed by atoms with Crippen molar-refractivity contribution in [2.45, 2.75) is 33.7 Å². The van der Waals surface area contributed by atoms with Crippen molar-refractivity contribution in [3.63, 3.8) is 0 Å². The Balaban J connectivity index is 1.67. The Bertz CT molecular complexity index is 1910. The number of hydrogen-bond donors (Lipinski definition) is 0. The lowest BCUT2D eigenvalue weighted by atomic mass is 9.94. The Hall–Kier alpha value is -4.77. The van der Waals surface area contributed by atoms with Gasteiger partial charge in [-0.15, -0.1) is 0 Å². The molecule has 0 unspecified atom stereocenters. The molecule has 1 amide bonds. The third kappa shape index (κ3) is 5.07. The number of allylic oxidation sites excluding steroid dienone is 1. The number of hydrogen-bond acceptors (Lipinski definition) is 8. The average Bonchev–Trinajstić information content (AvgIpc) is 3.56. The number of likely N-dealkylation sites (N-methyl/N-ethyl adjacent to an activating group) is 1. The standard InChI is InChI=1S/C31H30N4O6S/c1-6-33(7-2)30(37)27-19(4)32-31-34(28(27)22-10-8-9-11-24(22)40-5)29(36)26(42-31)17-20-13-15-25(41-20)21-14-12-18(3)16-23(21)35(38)39/h8-17,28H,6-7H2,1-5H3/b26-17+/t28-/m0/s1. The average molecular weight is 587 g/mol. The van der Waals surface area contributed by atoms with E-state index in [0.29, 0.717) is 62.1 Å². The number of amides is 1. The predicted octanol–water partition coefficient (Wildman–Crippen LogP) is 4.59. The van der Waals surface area contributed by atoms with E-state index in [-0.39, 0.29) is 17.2 Å². The first-order valence-corrected chi connectivity index (χ1v) is 14.3. The number of methoxy groups -OCH3 is 1. The fraction of sp³-hybridized carbons (Fsp3) is 0.258. The Kier molecular flexibility index (Phi) is 7.95. The van der Waals surface area contributed by atoms with Crippen molar-refractivity contribution < 1.29 is 18.9 Å². The summed E-state index contributed by atoms with van der Waals surface area (Å²) in [5.74, 6) is 1.03. The molecule has 0 spiro atoms. The number of carbonyl (C=O) groups excluding carboxylic acids is 1. The summed E-state index contributed by atoms with van der Waals surface area (Å²) in [6, 6.07) is 14.8. The second-order valence-electron chi connectivity index (χ2n) is 9.78. The number of thiazole rings is 1. The van der Waals surface area contributed by atoms with Crippen LogP contribution in [0.15, 0.2) is 80.1 Å². The highest BCUT2D eigenvalue weighted by molar-refractivity contribution is 7.07. The molecule has 1 aliphatic rings. The van der Waals surface area contributed by atoms with E-state index in [9.17, 15) is 19.7 Å². The molecular formula is C31H30N4O6S. The fourth-order valence-electron chi connectivity index (χ4n) is 5.17. The van der Waals surface area contributed by atoms with Crippen LogP contribution < -0.4 is 19.6 Å². The highest BCUT2D eigenvalue weighted by Crippen LogP contribution is 2.36. The van der Waals surface area contributed by atoms with Gasteiger partial charge in [-0.25, -0.2) is 4.99 Å². The van der Waals surface area contributed by atoms with E-state index in [1.807, 2.05) is 32.0 Å². The fourth-order valence-corrected chi connectivity index (χ4v) is 6.19. The van der Waals surface area contributed by atoms with E-state index in [4.69, 9.17) is 14.1 Å². The van der Waals surface area contributed by atoms with Crippen molar-refractivity contribution in [1.82, 2.24) is 9.47 Å². The quantitative estimate of drug-likeness (QED) is 0.220. The van der Waals surface area contributed by atoms with Crippen LogP contribution in [0.4, 0.5) is 5.69 Å². The molecule has 2 aromatic carbocycles. The molecule has 0 radical (unpaired) electrons. The van der Waals surface area contributed by atoms with Crippen molar-refractivity contribution in [3.05, 3.63) is 113 Å². The Morgan fingerprint density at radius 3 is 2.60 bits per heavy atom. The molecule has 0 fully saturated rings. The van der Waals surface area contributed by atoms with E-state index in [1.165, 1.54) is 22.0 Å². The first-order valence-electron chi connectivity index (χ1n) is 13.5. The van der Waals surface area contributed by atoms with Crippen molar-refractivity contribution in [2.75, 3.05) is 20.2 Å². The summed E-state index contributed by atoms with van der Waals surface area (Å²) in [6.07, 6.45) is 1.60. The van der Waals surface area contributed by atoms with Crippen molar-refractivity contribution in [1.29, 1.82) is 0 Å². The Morgan fingerprint density at radius 2 is 1.90 bits per heavy atom. The van der Waals surface area contributed by atoms with Crippen LogP contribution in [0.5, 0.6) is 5.75 Å². The maximum Gasteiger partial charge on any atom is 0.280 e. The van der Waals surface area contributed by atoms with Crippen LogP contribution in [0.1, 0.15) is 43.7 Å². The minimum absolute atomic E-state index is 0.0621. The molecule has 4 aromatic rings. The lowest BCUT2D eigenvalue weighted by molar-refractivity contribution is -0.384. The zero-order valence-electron chi connectivity index (χ0n) is 23.9. The Morgan fingerprint density at radius 1 is 1.17 bits per heavy atom. The largest absolute Gasteiger partial charge is 0.496 e. The summed E-state index contributed by atoms with van der Waals surface area (Å²) in [5, 5.41) is 11.6. The van der Waals surface area contributed by atoms with Crippen LogP contribution in [-0.4, -0.2) is 40.5 Å². The van der Waals surface area contributed by atoms with E-state index in [1.54, 1.807) is 62.3 Å². The molecule has 1 atom stereocenters. The zero-order chi connectivity index (χ0) is 30.1. The van der Waals surface area contributed by atoms with Crippen LogP contribution in [-0.2, 0) is 4.79 Å². The number of rotatable bonds is 8. The number of ether oxygens (including phenoxy) is 1. The summed E-state index contributed by atoms with van der Waals surface area (Å²) >= 11 is 1.18. The van der Waals surface area contributed by atoms with E-state index in [2.05, 4.69) is 0 Å². The molecule has 216 valence electrons. The molecule has 0 bridgehead atoms. The van der Waals surface area contributed by atoms with Crippen molar-refractivity contribution >= 4 is 29.0 Å². The number of nitrogens with zero attached hydrogens (tertiary/aromatic N) is 4. The van der Waals surface area contributed by atoms with Gasteiger partial charge < -0.3 is 14.1 Å². The molecule has 1 aliphatic heterocycles. The molecule has 42 heavy (non-hydrogen) atoms. The highest BCUT2D eigenvalue weighted by atomic mass is 32.1. The normalized spacial score (nSPS) is 14.9. The molecular weight excluding hydrogens is 556 g/mol. The van der Waals surface area contributed by atoms with Gasteiger partial charge in [-0.1, -0.05) is 35.6 Å². The van der Waals surface area contributed by atoms with Crippen LogP contribution in [0, 0.1) is 17.0 Å². The molecule has 0 saturated carbocycles. The molecule has 11 heteroatoms. The number of furan rings is 1. The number of fused-ring (bicyclic) bond motifs is 1. The highest BCUT2D eigenvalue weighted by Gasteiger charge is 2.35. The zero-order valence-corrected chi connectivity index (χ0v) is 24.7. The van der Waals surface area contributed by atoms with E-state index < -0.39 is 11.0 Å². The number of para-hydroxylation sites is 1. The third-order valence-electron chi connectivity index (χ3n) is 7.25. The van der Waals surface area contributed by atoms with Gasteiger partial charge in [0.2, 0.25) is 0 Å². The predicted molar refractivity (Wildman–Crippen MR) is 160 cm³/mol. The first-order chi connectivity index (χ1) is 20.2. The smallest absolute Gasteiger partial charge is 0.280 e. The number of nitro groups is 1. The van der Waals surface area contributed by atoms with Gasteiger partial charge in [0, 0.05) is 30.8 Å². The first kappa shape index (κ1) is 28.7. The van der Waals surface area contributed by atoms with E-state index in [0.717, 1.165) is 5.56 Å². The second-order valence-corrected chi connectivity index (χ2v) is 10.8. The van der Waals surface area contributed by atoms with Gasteiger partial charge in [-0.3, -0.25) is 24.3 Å². The van der Waals surface area contributed by atoms with Gasteiger partial charge in [0.15, 0.2) is 4.80 Å². The number of nitro benzene ring substituents is 1. The number of aryl methyl sites for hydroxylation is 1. The second kappa shape index (κ2) is 11.6. The lowest BCUT2D eigenvalue weighted by Gasteiger charge is -2.29. The minimum Gasteiger partial charge on any atom is -0.496 e. The molecule has 0 saturated heterocycles. The third-order valence-corrected chi connectivity index (χ3v) is 8.23. The Labute approximate surface area is 245 Å². The van der Waals surface area contributed by atoms with Crippen LogP contribution >= 0.6 is 11.3 Å². The van der Waals surface area contributed by atoms with Crippen LogP contribution in [0.3, 0.4) is 0 Å². The van der Waals surface area contributed by atoms with Crippen molar-refractivity contribution in [3.8, 4) is 17.1 Å². The number of carbonyl (C=O) groups is 1. The van der Waals surface area contributed by atoms with Crippen LogP contribution in [0.2, 0.25) is 0 Å². The maximum absolute atomic E-state index is 14.0. The lowest BCUT2D eigenvalue weighted by Crippen LogP contribution is -2.43. The monoisotopic (exact) mass is 586 g/mol. The molecule has 0 N–H and O–H groups in total. The summed E-state index contributed by atoms with van der Waals surface area (Å²) in [5.41, 5.74) is 2.32. The maximum atomic E-state index is 14.0. The summed E-state index contributed by atoms with van der Waals surface area (Å²) < 4.78 is 13.5. The summed E-state index contributed by atoms with van der Waals surface area (Å²) in [6.45, 7) is 8.40. The minimum atomic E-state index is -0.755. The van der Waals surface area contributed by atoms with Gasteiger partial charge in [0.05, 0.1) is 33.4 Å². The number of benzene rings is 2. The molecule has 10 nitrogen and oxygen atoms in total. The van der Waals surface area contributed by atoms with Gasteiger partial charge >= 0.3 is 0 Å². The van der Waals surface area contributed by atoms with Gasteiger partial charge in [0.25, 0.3) is 17.2 Å².